The number of ether oxygens (including phenoxy) is 2. The highest BCUT2D eigenvalue weighted by molar-refractivity contribution is 5.76. The fourth-order valence-corrected chi connectivity index (χ4v) is 1.91. The first-order valence-corrected chi connectivity index (χ1v) is 6.91. The molecule has 0 bridgehead atoms. The summed E-state index contributed by atoms with van der Waals surface area (Å²) in [5, 5.41) is 0. The summed E-state index contributed by atoms with van der Waals surface area (Å²) in [4.78, 5) is 54.7. The first-order valence-electron chi connectivity index (χ1n) is 6.91. The van der Waals surface area contributed by atoms with E-state index in [1.807, 2.05) is 0 Å². The number of rotatable bonds is 6. The molecule has 2 heterocycles. The molecule has 23 heavy (non-hydrogen) atoms. The van der Waals surface area contributed by atoms with Crippen molar-refractivity contribution >= 4 is 23.1 Å². The highest BCUT2D eigenvalue weighted by Gasteiger charge is 2.13. The van der Waals surface area contributed by atoms with Crippen molar-refractivity contribution in [2.24, 2.45) is 7.05 Å². The van der Waals surface area contributed by atoms with E-state index in [-0.39, 0.29) is 30.6 Å². The molecular weight excluding hydrogens is 308 g/mol. The minimum atomic E-state index is -0.619. The molecule has 10 heteroatoms. The number of aryl methyl sites for hydroxylation is 2. The van der Waals surface area contributed by atoms with E-state index in [0.29, 0.717) is 5.82 Å². The van der Waals surface area contributed by atoms with Gasteiger partial charge in [-0.3, -0.25) is 19.1 Å². The molecule has 0 fully saturated rings. The molecule has 0 aliphatic carbocycles. The first-order chi connectivity index (χ1) is 10.9. The average Bonchev–Trinajstić information content (AvgIpc) is 2.94. The van der Waals surface area contributed by atoms with Gasteiger partial charge in [0, 0.05) is 13.5 Å². The quantitative estimate of drug-likeness (QED) is 0.649. The van der Waals surface area contributed by atoms with Gasteiger partial charge in [0.1, 0.15) is 11.3 Å². The third-order valence-corrected chi connectivity index (χ3v) is 3.03. The van der Waals surface area contributed by atoms with E-state index in [2.05, 4.69) is 19.7 Å². The van der Waals surface area contributed by atoms with Gasteiger partial charge in [-0.1, -0.05) is 0 Å². The fraction of sp³-hybridized carbons (Fsp3) is 0.462. The van der Waals surface area contributed by atoms with Crippen LogP contribution in [-0.4, -0.2) is 44.7 Å². The Morgan fingerprint density at radius 1 is 1.17 bits per heavy atom. The number of H-pyrrole nitrogens is 2. The van der Waals surface area contributed by atoms with Gasteiger partial charge in [0.05, 0.1) is 13.0 Å². The normalized spacial score (nSPS) is 10.7. The SMILES string of the molecule is CCOC(=O)COC(=O)CCc1nc2c([nH]1)c(=O)[nH]c(=O)n2C. The fourth-order valence-electron chi connectivity index (χ4n) is 1.91. The summed E-state index contributed by atoms with van der Waals surface area (Å²) in [6, 6.07) is 0. The Balaban J connectivity index is 2.00. The summed E-state index contributed by atoms with van der Waals surface area (Å²) < 4.78 is 10.6. The van der Waals surface area contributed by atoms with Crippen LogP contribution in [0.3, 0.4) is 0 Å². The number of esters is 2. The highest BCUT2D eigenvalue weighted by atomic mass is 16.6. The van der Waals surface area contributed by atoms with Crippen LogP contribution < -0.4 is 11.2 Å². The topological polar surface area (TPSA) is 136 Å². The number of aromatic nitrogens is 4. The van der Waals surface area contributed by atoms with Crippen LogP contribution in [0.1, 0.15) is 19.2 Å². The molecule has 0 saturated carbocycles. The molecule has 2 N–H and O–H groups in total. The molecule has 0 saturated heterocycles. The maximum atomic E-state index is 11.7. The van der Waals surface area contributed by atoms with Crippen molar-refractivity contribution in [3.8, 4) is 0 Å². The van der Waals surface area contributed by atoms with Crippen molar-refractivity contribution in [2.45, 2.75) is 19.8 Å². The summed E-state index contributed by atoms with van der Waals surface area (Å²) in [5.41, 5.74) is -0.795. The molecule has 0 aliphatic heterocycles. The van der Waals surface area contributed by atoms with Gasteiger partial charge in [0.2, 0.25) is 0 Å². The molecule has 0 radical (unpaired) electrons. The van der Waals surface area contributed by atoms with Crippen LogP contribution in [-0.2, 0) is 32.5 Å². The average molecular weight is 324 g/mol. The zero-order valence-electron chi connectivity index (χ0n) is 12.7. The number of hydrogen-bond acceptors (Lipinski definition) is 7. The minimum absolute atomic E-state index is 0.0366. The van der Waals surface area contributed by atoms with E-state index >= 15 is 0 Å². The molecule has 0 spiro atoms. The van der Waals surface area contributed by atoms with Crippen LogP contribution in [0.25, 0.3) is 11.2 Å². The number of nitrogens with one attached hydrogen (secondary N) is 2. The van der Waals surface area contributed by atoms with Crippen LogP contribution in [0.4, 0.5) is 0 Å². The Kier molecular flexibility index (Phi) is 4.94. The van der Waals surface area contributed by atoms with Gasteiger partial charge < -0.3 is 14.5 Å². The zero-order chi connectivity index (χ0) is 17.0. The van der Waals surface area contributed by atoms with Crippen molar-refractivity contribution in [3.63, 3.8) is 0 Å². The lowest BCUT2D eigenvalue weighted by atomic mass is 10.3. The van der Waals surface area contributed by atoms with E-state index < -0.39 is 29.8 Å². The Labute approximate surface area is 129 Å². The summed E-state index contributed by atoms with van der Waals surface area (Å²) in [6.07, 6.45) is 0.134. The number of fused-ring (bicyclic) bond motifs is 1. The minimum Gasteiger partial charge on any atom is -0.463 e. The van der Waals surface area contributed by atoms with E-state index in [1.165, 1.54) is 11.6 Å². The molecular formula is C13H16N4O6. The molecule has 2 rings (SSSR count). The van der Waals surface area contributed by atoms with Gasteiger partial charge in [-0.25, -0.2) is 14.6 Å². The number of nitrogens with zero attached hydrogens (tertiary/aromatic N) is 2. The standard InChI is InChI=1S/C13H16N4O6/c1-3-22-9(19)6-23-8(18)5-4-7-14-10-11(15-7)17(2)13(21)16-12(10)20/h3-6H2,1-2H3,(H,14,15)(H,16,20,21). The van der Waals surface area contributed by atoms with Crippen molar-refractivity contribution in [1.29, 1.82) is 0 Å². The number of hydrogen-bond donors (Lipinski definition) is 2. The zero-order valence-corrected chi connectivity index (χ0v) is 12.7. The van der Waals surface area contributed by atoms with Crippen molar-refractivity contribution in [2.75, 3.05) is 13.2 Å². The predicted molar refractivity (Wildman–Crippen MR) is 77.9 cm³/mol. The van der Waals surface area contributed by atoms with Crippen LogP contribution in [0, 0.1) is 0 Å². The van der Waals surface area contributed by atoms with Gasteiger partial charge in [0.15, 0.2) is 12.3 Å². The van der Waals surface area contributed by atoms with E-state index in [9.17, 15) is 19.2 Å². The smallest absolute Gasteiger partial charge is 0.344 e. The number of aromatic amines is 2. The van der Waals surface area contributed by atoms with E-state index in [4.69, 9.17) is 4.74 Å². The Hall–Kier alpha value is -2.91. The molecule has 124 valence electrons. The van der Waals surface area contributed by atoms with Crippen LogP contribution in [0.15, 0.2) is 9.59 Å². The van der Waals surface area contributed by atoms with Crippen molar-refractivity contribution < 1.29 is 19.1 Å². The number of carbonyl (C=O) groups is 2. The summed E-state index contributed by atoms with van der Waals surface area (Å²) >= 11 is 0. The maximum Gasteiger partial charge on any atom is 0.344 e. The molecule has 2 aromatic heterocycles. The van der Waals surface area contributed by atoms with E-state index in [1.54, 1.807) is 6.92 Å². The summed E-state index contributed by atoms with van der Waals surface area (Å²) in [7, 11) is 1.47. The molecule has 0 unspecified atom stereocenters. The van der Waals surface area contributed by atoms with E-state index in [0.717, 1.165) is 0 Å². The molecule has 0 aliphatic rings. The molecule has 0 aromatic carbocycles. The second kappa shape index (κ2) is 6.90. The van der Waals surface area contributed by atoms with Gasteiger partial charge in [-0.15, -0.1) is 0 Å². The second-order valence-electron chi connectivity index (χ2n) is 4.67. The third-order valence-electron chi connectivity index (χ3n) is 3.03. The monoisotopic (exact) mass is 324 g/mol. The van der Waals surface area contributed by atoms with Crippen molar-refractivity contribution in [3.05, 3.63) is 26.7 Å². The summed E-state index contributed by atoms with van der Waals surface area (Å²) in [6.45, 7) is 1.42. The number of carbonyl (C=O) groups excluding carboxylic acids is 2. The highest BCUT2D eigenvalue weighted by Crippen LogP contribution is 2.06. The van der Waals surface area contributed by atoms with Gasteiger partial charge in [-0.2, -0.15) is 0 Å². The lowest BCUT2D eigenvalue weighted by molar-refractivity contribution is -0.158. The largest absolute Gasteiger partial charge is 0.463 e. The number of imidazole rings is 1. The Morgan fingerprint density at radius 3 is 2.61 bits per heavy atom. The molecule has 2 aromatic rings. The lowest BCUT2D eigenvalue weighted by Crippen LogP contribution is -2.28. The Bertz CT molecular complexity index is 846. The maximum absolute atomic E-state index is 11.7. The first kappa shape index (κ1) is 16.5. The van der Waals surface area contributed by atoms with Gasteiger partial charge in [-0.05, 0) is 6.92 Å². The second-order valence-corrected chi connectivity index (χ2v) is 4.67. The van der Waals surface area contributed by atoms with Gasteiger partial charge >= 0.3 is 17.6 Å². The van der Waals surface area contributed by atoms with Crippen LogP contribution in [0.5, 0.6) is 0 Å². The molecule has 0 amide bonds. The van der Waals surface area contributed by atoms with Crippen LogP contribution >= 0.6 is 0 Å². The van der Waals surface area contributed by atoms with Crippen LogP contribution in [0.2, 0.25) is 0 Å². The van der Waals surface area contributed by atoms with Crippen molar-refractivity contribution in [1.82, 2.24) is 19.5 Å². The Morgan fingerprint density at radius 2 is 1.91 bits per heavy atom. The third kappa shape index (κ3) is 3.84. The summed E-state index contributed by atoms with van der Waals surface area (Å²) in [5.74, 6) is -0.854. The predicted octanol–water partition coefficient (Wildman–Crippen LogP) is -1.01. The molecule has 10 nitrogen and oxygen atoms in total. The van der Waals surface area contributed by atoms with Gasteiger partial charge in [0.25, 0.3) is 5.56 Å². The lowest BCUT2D eigenvalue weighted by Gasteiger charge is -2.03. The molecule has 0 atom stereocenters.